The van der Waals surface area contributed by atoms with E-state index in [1.807, 2.05) is 0 Å². The molecule has 16 heavy (non-hydrogen) atoms. The van der Waals surface area contributed by atoms with Crippen LogP contribution in [0.15, 0.2) is 6.07 Å². The zero-order valence-corrected chi connectivity index (χ0v) is 11.3. The Balaban J connectivity index is 2.85. The van der Waals surface area contributed by atoms with Gasteiger partial charge >= 0.3 is 5.97 Å². The van der Waals surface area contributed by atoms with Gasteiger partial charge in [-0.2, -0.15) is 0 Å². The maximum Gasteiger partial charge on any atom is 0.354 e. The number of carbonyl (C=O) groups is 1. The highest BCUT2D eigenvalue weighted by Crippen LogP contribution is 2.36. The van der Waals surface area contributed by atoms with Gasteiger partial charge in [-0.25, -0.2) is 4.79 Å². The van der Waals surface area contributed by atoms with Crippen molar-refractivity contribution >= 4 is 14.3 Å². The van der Waals surface area contributed by atoms with Gasteiger partial charge in [0.25, 0.3) is 8.32 Å². The lowest BCUT2D eigenvalue weighted by Gasteiger charge is -2.35. The highest BCUT2D eigenvalue weighted by molar-refractivity contribution is 6.74. The van der Waals surface area contributed by atoms with E-state index < -0.39 is 14.3 Å². The van der Waals surface area contributed by atoms with E-state index in [0.29, 0.717) is 5.88 Å². The number of nitrogens with zero attached hydrogens (tertiary/aromatic N) is 1. The fourth-order valence-electron chi connectivity index (χ4n) is 0.880. The monoisotopic (exact) mass is 242 g/mol. The summed E-state index contributed by atoms with van der Waals surface area (Å²) in [5.41, 5.74) is 0.0497. The molecule has 0 fully saturated rings. The zero-order chi connectivity index (χ0) is 12.6. The smallest absolute Gasteiger partial charge is 0.354 e. The van der Waals surface area contributed by atoms with Crippen LogP contribution < -0.4 is 4.43 Å². The molecule has 1 aromatic rings. The Hall–Kier alpha value is -1.30. The summed E-state index contributed by atoms with van der Waals surface area (Å²) in [5.74, 6) is -0.665. The molecule has 1 aromatic heterocycles. The quantitative estimate of drug-likeness (QED) is 0.798. The van der Waals surface area contributed by atoms with Crippen LogP contribution in [0.1, 0.15) is 31.3 Å². The minimum Gasteiger partial charge on any atom is -0.530 e. The third-order valence-electron chi connectivity index (χ3n) is 2.95. The lowest BCUT2D eigenvalue weighted by Crippen LogP contribution is -2.43. The summed E-state index contributed by atoms with van der Waals surface area (Å²) in [6.07, 6.45) is 0. The number of rotatable bonds is 3. The number of nitrogens with one attached hydrogen (secondary N) is 1. The second-order valence-corrected chi connectivity index (χ2v) is 10.0. The number of hydrogen-bond donors (Lipinski definition) is 2. The first-order valence-electron chi connectivity index (χ1n) is 5.11. The summed E-state index contributed by atoms with van der Waals surface area (Å²) in [5, 5.41) is 15.1. The van der Waals surface area contributed by atoms with Gasteiger partial charge in [-0.3, -0.25) is 5.10 Å². The van der Waals surface area contributed by atoms with Crippen molar-refractivity contribution in [2.24, 2.45) is 0 Å². The Morgan fingerprint density at radius 3 is 2.44 bits per heavy atom. The molecule has 0 saturated heterocycles. The SMILES string of the molecule is CC(C)(C)[Si](C)(C)Oc1cc(C(=O)O)[nH]n1. The van der Waals surface area contributed by atoms with Gasteiger partial charge < -0.3 is 9.53 Å². The molecule has 0 aliphatic carbocycles. The predicted octanol–water partition coefficient (Wildman–Crippen LogP) is 2.49. The van der Waals surface area contributed by atoms with Crippen molar-refractivity contribution in [2.75, 3.05) is 0 Å². The highest BCUT2D eigenvalue weighted by Gasteiger charge is 2.39. The Bertz CT molecular complexity index is 393. The van der Waals surface area contributed by atoms with E-state index in [9.17, 15) is 4.79 Å². The van der Waals surface area contributed by atoms with E-state index in [2.05, 4.69) is 44.1 Å². The normalized spacial score (nSPS) is 12.6. The average molecular weight is 242 g/mol. The third-order valence-corrected chi connectivity index (χ3v) is 7.28. The van der Waals surface area contributed by atoms with Crippen LogP contribution in [-0.4, -0.2) is 29.6 Å². The van der Waals surface area contributed by atoms with Gasteiger partial charge in [0.05, 0.1) is 0 Å². The van der Waals surface area contributed by atoms with Crippen molar-refractivity contribution in [3.8, 4) is 5.88 Å². The van der Waals surface area contributed by atoms with E-state index in [0.717, 1.165) is 0 Å². The van der Waals surface area contributed by atoms with Crippen LogP contribution in [0.2, 0.25) is 18.1 Å². The molecule has 0 radical (unpaired) electrons. The lowest BCUT2D eigenvalue weighted by atomic mass is 10.2. The summed E-state index contributed by atoms with van der Waals surface area (Å²) in [4.78, 5) is 10.7. The molecule has 0 amide bonds. The summed E-state index contributed by atoms with van der Waals surface area (Å²) in [6, 6.07) is 1.42. The molecule has 2 N–H and O–H groups in total. The van der Waals surface area contributed by atoms with Crippen molar-refractivity contribution in [3.63, 3.8) is 0 Å². The minimum absolute atomic E-state index is 0.0497. The second-order valence-electron chi connectivity index (χ2n) is 5.29. The molecule has 0 atom stereocenters. The Labute approximate surface area is 96.0 Å². The summed E-state index contributed by atoms with van der Waals surface area (Å²) >= 11 is 0. The molecule has 0 unspecified atom stereocenters. The van der Waals surface area contributed by atoms with E-state index >= 15 is 0 Å². The topological polar surface area (TPSA) is 75.2 Å². The van der Waals surface area contributed by atoms with Gasteiger partial charge in [0.1, 0.15) is 5.69 Å². The molecule has 5 nitrogen and oxygen atoms in total. The molecule has 0 aliphatic heterocycles. The summed E-state index contributed by atoms with van der Waals surface area (Å²) in [6.45, 7) is 10.5. The minimum atomic E-state index is -1.94. The molecule has 0 aliphatic rings. The Morgan fingerprint density at radius 1 is 1.50 bits per heavy atom. The van der Waals surface area contributed by atoms with Crippen LogP contribution in [0.25, 0.3) is 0 Å². The molecule has 6 heteroatoms. The van der Waals surface area contributed by atoms with Crippen molar-refractivity contribution < 1.29 is 14.3 Å². The highest BCUT2D eigenvalue weighted by atomic mass is 28.4. The molecular formula is C10H18N2O3Si. The fraction of sp³-hybridized carbons (Fsp3) is 0.600. The van der Waals surface area contributed by atoms with Crippen LogP contribution in [0.5, 0.6) is 5.88 Å². The first-order valence-corrected chi connectivity index (χ1v) is 8.02. The number of H-pyrrole nitrogens is 1. The number of carboxylic acids is 1. The first kappa shape index (κ1) is 12.8. The number of aromatic amines is 1. The van der Waals surface area contributed by atoms with Crippen molar-refractivity contribution in [3.05, 3.63) is 11.8 Å². The van der Waals surface area contributed by atoms with E-state index in [4.69, 9.17) is 9.53 Å². The molecule has 90 valence electrons. The summed E-state index contributed by atoms with van der Waals surface area (Å²) in [7, 11) is -1.94. The zero-order valence-electron chi connectivity index (χ0n) is 10.3. The van der Waals surface area contributed by atoms with Crippen LogP contribution in [0.3, 0.4) is 0 Å². The van der Waals surface area contributed by atoms with Crippen LogP contribution in [0.4, 0.5) is 0 Å². The maximum atomic E-state index is 10.7. The van der Waals surface area contributed by atoms with E-state index in [-0.39, 0.29) is 10.7 Å². The van der Waals surface area contributed by atoms with Crippen molar-refractivity contribution in [1.82, 2.24) is 10.2 Å². The maximum absolute atomic E-state index is 10.7. The van der Waals surface area contributed by atoms with Crippen LogP contribution >= 0.6 is 0 Å². The second kappa shape index (κ2) is 3.93. The van der Waals surface area contributed by atoms with Gasteiger partial charge in [0.2, 0.25) is 5.88 Å². The fourth-order valence-corrected chi connectivity index (χ4v) is 1.81. The molecular weight excluding hydrogens is 224 g/mol. The standard InChI is InChI=1S/C10H18N2O3Si/c1-10(2,3)16(4,5)15-8-6-7(9(13)14)11-12-8/h6H,1-5H3,(H,11,12)(H,13,14). The van der Waals surface area contributed by atoms with Crippen molar-refractivity contribution in [1.29, 1.82) is 0 Å². The van der Waals surface area contributed by atoms with E-state index in [1.165, 1.54) is 6.07 Å². The number of aromatic nitrogens is 2. The molecule has 0 bridgehead atoms. The molecule has 1 rings (SSSR count). The first-order chi connectivity index (χ1) is 7.13. The molecule has 0 saturated carbocycles. The number of carboxylic acid groups (broad SMARTS) is 1. The molecule has 1 heterocycles. The summed E-state index contributed by atoms with van der Waals surface area (Å²) < 4.78 is 5.83. The predicted molar refractivity (Wildman–Crippen MR) is 63.4 cm³/mol. The molecule has 0 spiro atoms. The van der Waals surface area contributed by atoms with E-state index in [1.54, 1.807) is 0 Å². The van der Waals surface area contributed by atoms with Gasteiger partial charge in [-0.05, 0) is 18.1 Å². The Morgan fingerprint density at radius 2 is 2.06 bits per heavy atom. The van der Waals surface area contributed by atoms with Gasteiger partial charge in [-0.15, -0.1) is 5.10 Å². The van der Waals surface area contributed by atoms with Gasteiger partial charge in [0.15, 0.2) is 0 Å². The van der Waals surface area contributed by atoms with Gasteiger partial charge in [0, 0.05) is 6.07 Å². The average Bonchev–Trinajstić information content (AvgIpc) is 2.49. The van der Waals surface area contributed by atoms with Crippen LogP contribution in [-0.2, 0) is 0 Å². The van der Waals surface area contributed by atoms with Gasteiger partial charge in [-0.1, -0.05) is 20.8 Å². The number of hydrogen-bond acceptors (Lipinski definition) is 3. The number of aromatic carboxylic acids is 1. The largest absolute Gasteiger partial charge is 0.530 e. The van der Waals surface area contributed by atoms with Crippen molar-refractivity contribution in [2.45, 2.75) is 38.9 Å². The lowest BCUT2D eigenvalue weighted by molar-refractivity contribution is 0.0690. The third kappa shape index (κ3) is 2.63. The Kier molecular flexibility index (Phi) is 3.14. The van der Waals surface area contributed by atoms with Crippen LogP contribution in [0, 0.1) is 0 Å². The molecule has 0 aromatic carbocycles.